The number of nitrogens with one attached hydrogen (secondary N) is 1. The average Bonchev–Trinajstić information content (AvgIpc) is 2.32. The van der Waals surface area contributed by atoms with Crippen LogP contribution in [0.3, 0.4) is 0 Å². The molecule has 0 bridgehead atoms. The maximum absolute atomic E-state index is 12.6. The lowest BCUT2D eigenvalue weighted by Crippen LogP contribution is -2.14. The summed E-state index contributed by atoms with van der Waals surface area (Å²) in [5.41, 5.74) is 0.0589. The van der Waals surface area contributed by atoms with E-state index in [0.29, 0.717) is 0 Å². The summed E-state index contributed by atoms with van der Waals surface area (Å²) >= 11 is 5.59. The van der Waals surface area contributed by atoms with Crippen molar-refractivity contribution in [3.8, 4) is 0 Å². The average molecular weight is 253 g/mol. The molecule has 0 saturated heterocycles. The number of nitrogens with zero attached hydrogens (tertiary/aromatic N) is 3. The number of hydrogen-bond acceptors (Lipinski definition) is 4. The zero-order valence-electron chi connectivity index (χ0n) is 8.39. The summed E-state index contributed by atoms with van der Waals surface area (Å²) in [6.07, 6.45) is 3.58. The Bertz CT molecular complexity index is 546. The number of carbonyl (C=O) groups is 1. The van der Waals surface area contributed by atoms with Gasteiger partial charge < -0.3 is 5.32 Å². The van der Waals surface area contributed by atoms with Crippen LogP contribution in [0.4, 0.5) is 10.2 Å². The van der Waals surface area contributed by atoms with Gasteiger partial charge >= 0.3 is 0 Å². The van der Waals surface area contributed by atoms with Crippen LogP contribution in [-0.4, -0.2) is 20.9 Å². The third-order valence-electron chi connectivity index (χ3n) is 1.81. The first-order valence-electron chi connectivity index (χ1n) is 4.55. The first kappa shape index (κ1) is 11.4. The number of pyridine rings is 1. The van der Waals surface area contributed by atoms with Crippen molar-refractivity contribution >= 4 is 23.3 Å². The minimum atomic E-state index is -0.515. The van der Waals surface area contributed by atoms with Crippen LogP contribution < -0.4 is 5.32 Å². The SMILES string of the molecule is O=C(Nc1ccc(F)cn1)c1cncc(Cl)n1. The predicted molar refractivity (Wildman–Crippen MR) is 59.2 cm³/mol. The normalized spacial score (nSPS) is 10.0. The van der Waals surface area contributed by atoms with E-state index in [2.05, 4.69) is 20.3 Å². The second-order valence-electron chi connectivity index (χ2n) is 3.04. The molecule has 2 aromatic heterocycles. The number of rotatable bonds is 2. The topological polar surface area (TPSA) is 67.8 Å². The Hall–Kier alpha value is -2.08. The highest BCUT2D eigenvalue weighted by molar-refractivity contribution is 6.29. The van der Waals surface area contributed by atoms with Crippen molar-refractivity contribution in [2.24, 2.45) is 0 Å². The third kappa shape index (κ3) is 2.94. The highest BCUT2D eigenvalue weighted by Crippen LogP contribution is 2.07. The summed E-state index contributed by atoms with van der Waals surface area (Å²) in [4.78, 5) is 22.8. The number of halogens is 2. The molecule has 2 rings (SSSR count). The standard InChI is InChI=1S/C10H6ClFN4O/c11-8-5-13-4-7(15-8)10(17)16-9-2-1-6(12)3-14-9/h1-5H,(H,14,16,17). The molecule has 0 atom stereocenters. The van der Waals surface area contributed by atoms with E-state index < -0.39 is 11.7 Å². The predicted octanol–water partition coefficient (Wildman–Crippen LogP) is 1.92. The van der Waals surface area contributed by atoms with Gasteiger partial charge in [0.25, 0.3) is 5.91 Å². The molecule has 0 aromatic carbocycles. The van der Waals surface area contributed by atoms with Crippen LogP contribution in [0.1, 0.15) is 10.5 Å². The van der Waals surface area contributed by atoms with Crippen molar-refractivity contribution in [3.05, 3.63) is 47.4 Å². The highest BCUT2D eigenvalue weighted by atomic mass is 35.5. The Morgan fingerprint density at radius 1 is 1.29 bits per heavy atom. The van der Waals surface area contributed by atoms with E-state index in [-0.39, 0.29) is 16.7 Å². The van der Waals surface area contributed by atoms with Crippen LogP contribution in [0, 0.1) is 5.82 Å². The number of aromatic nitrogens is 3. The van der Waals surface area contributed by atoms with E-state index in [9.17, 15) is 9.18 Å². The fourth-order valence-corrected chi connectivity index (χ4v) is 1.23. The molecular weight excluding hydrogens is 247 g/mol. The second kappa shape index (κ2) is 4.84. The molecule has 0 unspecified atom stereocenters. The summed E-state index contributed by atoms with van der Waals surface area (Å²) in [6, 6.07) is 2.53. The Labute approximate surface area is 101 Å². The Morgan fingerprint density at radius 3 is 2.76 bits per heavy atom. The first-order chi connectivity index (χ1) is 8.15. The van der Waals surface area contributed by atoms with Gasteiger partial charge in [-0.15, -0.1) is 0 Å². The van der Waals surface area contributed by atoms with Gasteiger partial charge in [-0.3, -0.25) is 9.78 Å². The maximum Gasteiger partial charge on any atom is 0.277 e. The Balaban J connectivity index is 2.14. The van der Waals surface area contributed by atoms with Crippen LogP contribution in [0.15, 0.2) is 30.7 Å². The Morgan fingerprint density at radius 2 is 2.12 bits per heavy atom. The summed E-state index contributed by atoms with van der Waals surface area (Å²) in [5, 5.41) is 2.55. The molecule has 17 heavy (non-hydrogen) atoms. The minimum Gasteiger partial charge on any atom is -0.305 e. The van der Waals surface area contributed by atoms with Gasteiger partial charge in [0, 0.05) is 0 Å². The molecule has 0 radical (unpaired) electrons. The van der Waals surface area contributed by atoms with E-state index in [0.717, 1.165) is 6.20 Å². The van der Waals surface area contributed by atoms with E-state index in [1.54, 1.807) is 0 Å². The van der Waals surface area contributed by atoms with Gasteiger partial charge in [-0.1, -0.05) is 11.6 Å². The monoisotopic (exact) mass is 252 g/mol. The van der Waals surface area contributed by atoms with Gasteiger partial charge in [-0.25, -0.2) is 14.4 Å². The van der Waals surface area contributed by atoms with Gasteiger partial charge in [-0.2, -0.15) is 0 Å². The lowest BCUT2D eigenvalue weighted by molar-refractivity contribution is 0.102. The molecule has 0 aliphatic rings. The molecule has 1 N–H and O–H groups in total. The molecule has 1 amide bonds. The summed E-state index contributed by atoms with van der Waals surface area (Å²) in [5.74, 6) is -0.775. The van der Waals surface area contributed by atoms with Gasteiger partial charge in [0.1, 0.15) is 22.5 Å². The van der Waals surface area contributed by atoms with Crippen LogP contribution in [0.5, 0.6) is 0 Å². The maximum atomic E-state index is 12.6. The minimum absolute atomic E-state index is 0.0589. The number of amides is 1. The molecule has 86 valence electrons. The van der Waals surface area contributed by atoms with E-state index in [4.69, 9.17) is 11.6 Å². The molecule has 0 fully saturated rings. The molecule has 5 nitrogen and oxygen atoms in total. The number of carbonyl (C=O) groups excluding carboxylic acids is 1. The lowest BCUT2D eigenvalue weighted by Gasteiger charge is -2.03. The Kier molecular flexibility index (Phi) is 3.24. The largest absolute Gasteiger partial charge is 0.305 e. The van der Waals surface area contributed by atoms with Crippen molar-refractivity contribution in [2.45, 2.75) is 0 Å². The molecule has 7 heteroatoms. The van der Waals surface area contributed by atoms with Crippen LogP contribution in [0.2, 0.25) is 5.15 Å². The van der Waals surface area contributed by atoms with Gasteiger partial charge in [0.05, 0.1) is 18.6 Å². The second-order valence-corrected chi connectivity index (χ2v) is 3.43. The van der Waals surface area contributed by atoms with Crippen LogP contribution >= 0.6 is 11.6 Å². The zero-order chi connectivity index (χ0) is 12.3. The van der Waals surface area contributed by atoms with Crippen molar-refractivity contribution in [1.82, 2.24) is 15.0 Å². The van der Waals surface area contributed by atoms with Crippen molar-refractivity contribution < 1.29 is 9.18 Å². The molecule has 0 aliphatic heterocycles. The molecule has 0 saturated carbocycles. The molecule has 2 aromatic rings. The van der Waals surface area contributed by atoms with Crippen LogP contribution in [-0.2, 0) is 0 Å². The van der Waals surface area contributed by atoms with Crippen LogP contribution in [0.25, 0.3) is 0 Å². The van der Waals surface area contributed by atoms with Crippen molar-refractivity contribution in [3.63, 3.8) is 0 Å². The quantitative estimate of drug-likeness (QED) is 0.887. The number of hydrogen-bond donors (Lipinski definition) is 1. The molecular formula is C10H6ClFN4O. The van der Waals surface area contributed by atoms with Gasteiger partial charge in [0.15, 0.2) is 0 Å². The molecule has 2 heterocycles. The van der Waals surface area contributed by atoms with E-state index in [1.165, 1.54) is 24.5 Å². The lowest BCUT2D eigenvalue weighted by atomic mass is 10.4. The summed E-state index contributed by atoms with van der Waals surface area (Å²) in [7, 11) is 0. The fraction of sp³-hybridized carbons (Fsp3) is 0. The van der Waals surface area contributed by atoms with Crippen molar-refractivity contribution in [1.29, 1.82) is 0 Å². The number of anilines is 1. The highest BCUT2D eigenvalue weighted by Gasteiger charge is 2.09. The van der Waals surface area contributed by atoms with E-state index >= 15 is 0 Å². The van der Waals surface area contributed by atoms with E-state index in [1.807, 2.05) is 0 Å². The zero-order valence-corrected chi connectivity index (χ0v) is 9.15. The summed E-state index contributed by atoms with van der Waals surface area (Å²) in [6.45, 7) is 0. The van der Waals surface area contributed by atoms with Crippen molar-refractivity contribution in [2.75, 3.05) is 5.32 Å². The van der Waals surface area contributed by atoms with Gasteiger partial charge in [-0.05, 0) is 12.1 Å². The first-order valence-corrected chi connectivity index (χ1v) is 4.93. The third-order valence-corrected chi connectivity index (χ3v) is 1.99. The summed E-state index contributed by atoms with van der Waals surface area (Å²) < 4.78 is 12.6. The fourth-order valence-electron chi connectivity index (χ4n) is 1.08. The molecule has 0 spiro atoms. The molecule has 0 aliphatic carbocycles. The van der Waals surface area contributed by atoms with Gasteiger partial charge in [0.2, 0.25) is 0 Å². The smallest absolute Gasteiger partial charge is 0.277 e.